The first-order valence-electron chi connectivity index (χ1n) is 7.14. The van der Waals surface area contributed by atoms with Crippen LogP contribution in [0.2, 0.25) is 0 Å². The van der Waals surface area contributed by atoms with Gasteiger partial charge < -0.3 is 9.73 Å². The third-order valence-corrected chi connectivity index (χ3v) is 3.54. The molecule has 0 radical (unpaired) electrons. The molecule has 1 unspecified atom stereocenters. The average molecular weight is 282 g/mol. The number of H-pyrrole nitrogens is 1. The molecule has 3 aromatic rings. The maximum atomic E-state index is 11.1. The zero-order chi connectivity index (χ0) is 14.7. The smallest absolute Gasteiger partial charge is 0.408 e. The molecule has 0 aliphatic carbocycles. The number of aromatic amines is 1. The molecule has 0 bridgehead atoms. The molecule has 1 heterocycles. The van der Waals surface area contributed by atoms with Gasteiger partial charge in [0.05, 0.1) is 5.52 Å². The highest BCUT2D eigenvalue weighted by molar-refractivity contribution is 5.76. The number of oxazole rings is 1. The Balaban J connectivity index is 1.62. The lowest BCUT2D eigenvalue weighted by atomic mass is 10.1. The van der Waals surface area contributed by atoms with Crippen molar-refractivity contribution >= 4 is 16.8 Å². The van der Waals surface area contributed by atoms with Crippen LogP contribution in [0.25, 0.3) is 11.1 Å². The van der Waals surface area contributed by atoms with Crippen LogP contribution in [0.1, 0.15) is 18.9 Å². The van der Waals surface area contributed by atoms with E-state index in [1.165, 1.54) is 5.56 Å². The molecule has 1 aromatic heterocycles. The van der Waals surface area contributed by atoms with E-state index in [9.17, 15) is 4.79 Å². The molecule has 0 aliphatic rings. The maximum absolute atomic E-state index is 11.1. The molecule has 0 amide bonds. The molecule has 0 aliphatic heterocycles. The third kappa shape index (κ3) is 3.34. The number of rotatable bonds is 5. The molecule has 0 saturated heterocycles. The second-order valence-corrected chi connectivity index (χ2v) is 5.30. The van der Waals surface area contributed by atoms with Gasteiger partial charge in [-0.2, -0.15) is 0 Å². The summed E-state index contributed by atoms with van der Waals surface area (Å²) in [6, 6.07) is 16.4. The predicted octanol–water partition coefficient (Wildman–Crippen LogP) is 3.55. The van der Waals surface area contributed by atoms with Crippen LogP contribution in [-0.2, 0) is 6.42 Å². The number of hydrogen-bond donors (Lipinski definition) is 2. The highest BCUT2D eigenvalue weighted by Crippen LogP contribution is 2.18. The van der Waals surface area contributed by atoms with E-state index in [-0.39, 0.29) is 0 Å². The van der Waals surface area contributed by atoms with Crippen LogP contribution >= 0.6 is 0 Å². The zero-order valence-corrected chi connectivity index (χ0v) is 11.9. The van der Waals surface area contributed by atoms with Crippen molar-refractivity contribution in [1.29, 1.82) is 0 Å². The topological polar surface area (TPSA) is 58.0 Å². The monoisotopic (exact) mass is 282 g/mol. The van der Waals surface area contributed by atoms with Gasteiger partial charge in [0.25, 0.3) is 0 Å². The lowest BCUT2D eigenvalue weighted by Gasteiger charge is -2.15. The second-order valence-electron chi connectivity index (χ2n) is 5.30. The lowest BCUT2D eigenvalue weighted by molar-refractivity contribution is 0.555. The van der Waals surface area contributed by atoms with E-state index in [1.54, 1.807) is 6.07 Å². The number of benzene rings is 2. The number of aryl methyl sites for hydroxylation is 1. The molecule has 1 atom stereocenters. The van der Waals surface area contributed by atoms with E-state index in [0.29, 0.717) is 11.6 Å². The predicted molar refractivity (Wildman–Crippen MR) is 84.7 cm³/mol. The first-order valence-corrected chi connectivity index (χ1v) is 7.14. The third-order valence-electron chi connectivity index (χ3n) is 3.54. The van der Waals surface area contributed by atoms with Crippen LogP contribution in [0.4, 0.5) is 5.69 Å². The van der Waals surface area contributed by atoms with Gasteiger partial charge in [-0.25, -0.2) is 4.79 Å². The number of anilines is 1. The quantitative estimate of drug-likeness (QED) is 0.752. The number of fused-ring (bicyclic) bond motifs is 1. The summed E-state index contributed by atoms with van der Waals surface area (Å²) in [5.41, 5.74) is 3.64. The van der Waals surface area contributed by atoms with Crippen LogP contribution in [0, 0.1) is 0 Å². The van der Waals surface area contributed by atoms with Crippen molar-refractivity contribution < 1.29 is 4.42 Å². The minimum atomic E-state index is -0.417. The minimum Gasteiger partial charge on any atom is -0.408 e. The van der Waals surface area contributed by atoms with E-state index < -0.39 is 5.76 Å². The first-order chi connectivity index (χ1) is 10.2. The van der Waals surface area contributed by atoms with E-state index in [4.69, 9.17) is 4.42 Å². The van der Waals surface area contributed by atoms with Crippen molar-refractivity contribution in [1.82, 2.24) is 4.98 Å². The van der Waals surface area contributed by atoms with E-state index >= 15 is 0 Å². The summed E-state index contributed by atoms with van der Waals surface area (Å²) in [4.78, 5) is 13.8. The fourth-order valence-corrected chi connectivity index (χ4v) is 2.43. The normalized spacial score (nSPS) is 12.4. The molecule has 3 rings (SSSR count). The molecule has 108 valence electrons. The number of aromatic nitrogens is 1. The highest BCUT2D eigenvalue weighted by Gasteiger charge is 2.05. The highest BCUT2D eigenvalue weighted by atomic mass is 16.4. The van der Waals surface area contributed by atoms with Crippen molar-refractivity contribution in [3.05, 3.63) is 64.6 Å². The Hall–Kier alpha value is -2.49. The lowest BCUT2D eigenvalue weighted by Crippen LogP contribution is -2.15. The Bertz CT molecular complexity index is 774. The Morgan fingerprint density at radius 3 is 2.81 bits per heavy atom. The van der Waals surface area contributed by atoms with Gasteiger partial charge in [0.2, 0.25) is 0 Å². The summed E-state index contributed by atoms with van der Waals surface area (Å²) in [5.74, 6) is -0.417. The molecule has 0 fully saturated rings. The van der Waals surface area contributed by atoms with Gasteiger partial charge >= 0.3 is 5.76 Å². The van der Waals surface area contributed by atoms with Gasteiger partial charge in [0.15, 0.2) is 5.58 Å². The summed E-state index contributed by atoms with van der Waals surface area (Å²) < 4.78 is 4.99. The van der Waals surface area contributed by atoms with Crippen molar-refractivity contribution in [3.8, 4) is 0 Å². The van der Waals surface area contributed by atoms with Gasteiger partial charge in [-0.15, -0.1) is 0 Å². The van der Waals surface area contributed by atoms with Crippen molar-refractivity contribution in [3.63, 3.8) is 0 Å². The van der Waals surface area contributed by atoms with E-state index in [1.807, 2.05) is 18.2 Å². The van der Waals surface area contributed by atoms with Gasteiger partial charge in [-0.1, -0.05) is 30.3 Å². The Kier molecular flexibility index (Phi) is 3.77. The second kappa shape index (κ2) is 5.87. The maximum Gasteiger partial charge on any atom is 0.417 e. The van der Waals surface area contributed by atoms with Crippen molar-refractivity contribution in [2.24, 2.45) is 0 Å². The van der Waals surface area contributed by atoms with Gasteiger partial charge in [0, 0.05) is 11.7 Å². The summed E-state index contributed by atoms with van der Waals surface area (Å²) in [6.07, 6.45) is 2.09. The van der Waals surface area contributed by atoms with Crippen LogP contribution in [0.15, 0.2) is 57.7 Å². The molecule has 0 saturated carbocycles. The molecule has 21 heavy (non-hydrogen) atoms. The Labute approximate surface area is 122 Å². The largest absolute Gasteiger partial charge is 0.417 e. The van der Waals surface area contributed by atoms with Crippen LogP contribution in [0.5, 0.6) is 0 Å². The van der Waals surface area contributed by atoms with Crippen LogP contribution in [-0.4, -0.2) is 11.0 Å². The summed E-state index contributed by atoms with van der Waals surface area (Å²) in [6.45, 7) is 2.16. The fourth-order valence-electron chi connectivity index (χ4n) is 2.43. The molecule has 4 heteroatoms. The molecule has 0 spiro atoms. The number of nitrogens with one attached hydrogen (secondary N) is 2. The summed E-state index contributed by atoms with van der Waals surface area (Å²) >= 11 is 0. The average Bonchev–Trinajstić information content (AvgIpc) is 2.85. The summed E-state index contributed by atoms with van der Waals surface area (Å²) in [5, 5.41) is 3.45. The SMILES string of the molecule is CC(CCc1ccccc1)Nc1ccc2oc(=O)[nH]c2c1. The first kappa shape index (κ1) is 13.5. The van der Waals surface area contributed by atoms with Gasteiger partial charge in [-0.3, -0.25) is 4.98 Å². The Morgan fingerprint density at radius 1 is 1.19 bits per heavy atom. The van der Waals surface area contributed by atoms with E-state index in [0.717, 1.165) is 24.0 Å². The fraction of sp³-hybridized carbons (Fsp3) is 0.235. The molecule has 2 N–H and O–H groups in total. The van der Waals surface area contributed by atoms with Gasteiger partial charge in [0.1, 0.15) is 0 Å². The van der Waals surface area contributed by atoms with Crippen LogP contribution in [0.3, 0.4) is 0 Å². The standard InChI is InChI=1S/C17H18N2O2/c1-12(7-8-13-5-3-2-4-6-13)18-14-9-10-16-15(11-14)19-17(20)21-16/h2-6,9-12,18H,7-8H2,1H3,(H,19,20). The summed E-state index contributed by atoms with van der Waals surface area (Å²) in [7, 11) is 0. The van der Waals surface area contributed by atoms with Crippen molar-refractivity contribution in [2.45, 2.75) is 25.8 Å². The van der Waals surface area contributed by atoms with E-state index in [2.05, 4.69) is 41.5 Å². The Morgan fingerprint density at radius 2 is 2.00 bits per heavy atom. The molecular weight excluding hydrogens is 264 g/mol. The van der Waals surface area contributed by atoms with Crippen LogP contribution < -0.4 is 11.1 Å². The minimum absolute atomic E-state index is 0.348. The zero-order valence-electron chi connectivity index (χ0n) is 11.9. The number of hydrogen-bond acceptors (Lipinski definition) is 3. The molecular formula is C17H18N2O2. The molecule has 2 aromatic carbocycles. The molecule has 4 nitrogen and oxygen atoms in total. The van der Waals surface area contributed by atoms with Gasteiger partial charge in [-0.05, 0) is 43.5 Å². The van der Waals surface area contributed by atoms with Crippen molar-refractivity contribution in [2.75, 3.05) is 5.32 Å².